The third kappa shape index (κ3) is 3.50. The number of anilines is 1. The van der Waals surface area contributed by atoms with Crippen molar-refractivity contribution in [1.82, 2.24) is 0 Å². The molecular formula is C16H22FNO2. The van der Waals surface area contributed by atoms with Crippen LogP contribution in [0.2, 0.25) is 0 Å². The number of carboxylic acid groups (broad SMARTS) is 1. The molecule has 110 valence electrons. The highest BCUT2D eigenvalue weighted by molar-refractivity contribution is 5.94. The summed E-state index contributed by atoms with van der Waals surface area (Å²) in [4.78, 5) is 11.1. The number of nitrogens with one attached hydrogen (secondary N) is 1. The van der Waals surface area contributed by atoms with Gasteiger partial charge in [-0.1, -0.05) is 32.3 Å². The Balaban J connectivity index is 1.95. The zero-order valence-electron chi connectivity index (χ0n) is 11.9. The quantitative estimate of drug-likeness (QED) is 0.851. The molecule has 1 aromatic carbocycles. The van der Waals surface area contributed by atoms with Gasteiger partial charge in [-0.15, -0.1) is 0 Å². The zero-order valence-corrected chi connectivity index (χ0v) is 11.9. The summed E-state index contributed by atoms with van der Waals surface area (Å²) >= 11 is 0. The van der Waals surface area contributed by atoms with Gasteiger partial charge in [0.15, 0.2) is 0 Å². The molecule has 1 aliphatic carbocycles. The van der Waals surface area contributed by atoms with Crippen molar-refractivity contribution >= 4 is 11.7 Å². The summed E-state index contributed by atoms with van der Waals surface area (Å²) in [6.45, 7) is 2.95. The topological polar surface area (TPSA) is 49.3 Å². The van der Waals surface area contributed by atoms with Crippen LogP contribution in [0.25, 0.3) is 0 Å². The Morgan fingerprint density at radius 3 is 2.55 bits per heavy atom. The van der Waals surface area contributed by atoms with Gasteiger partial charge >= 0.3 is 5.97 Å². The zero-order chi connectivity index (χ0) is 14.5. The minimum atomic E-state index is -1.22. The second-order valence-electron chi connectivity index (χ2n) is 5.64. The number of halogens is 1. The first-order chi connectivity index (χ1) is 9.61. The van der Waals surface area contributed by atoms with E-state index in [1.807, 2.05) is 0 Å². The molecule has 0 atom stereocenters. The maximum atomic E-state index is 13.5. The number of benzene rings is 1. The van der Waals surface area contributed by atoms with Crippen LogP contribution in [0.1, 0.15) is 49.4 Å². The molecule has 0 aromatic heterocycles. The number of hydrogen-bond acceptors (Lipinski definition) is 2. The van der Waals surface area contributed by atoms with Crippen LogP contribution >= 0.6 is 0 Å². The Morgan fingerprint density at radius 2 is 1.95 bits per heavy atom. The molecule has 0 aliphatic heterocycles. The van der Waals surface area contributed by atoms with Gasteiger partial charge in [-0.3, -0.25) is 0 Å². The molecule has 1 saturated carbocycles. The molecule has 3 nitrogen and oxygen atoms in total. The fourth-order valence-corrected chi connectivity index (χ4v) is 2.99. The number of rotatable bonds is 5. The molecule has 1 aromatic rings. The lowest BCUT2D eigenvalue weighted by molar-refractivity contribution is 0.0693. The molecule has 1 fully saturated rings. The van der Waals surface area contributed by atoms with Crippen LogP contribution in [0.15, 0.2) is 18.2 Å². The van der Waals surface area contributed by atoms with Gasteiger partial charge in [0, 0.05) is 6.54 Å². The summed E-state index contributed by atoms with van der Waals surface area (Å²) in [6.07, 6.45) is 6.08. The summed E-state index contributed by atoms with van der Waals surface area (Å²) in [7, 11) is 0. The molecular weight excluding hydrogens is 257 g/mol. The summed E-state index contributed by atoms with van der Waals surface area (Å²) in [5, 5.41) is 12.2. The number of carboxylic acids is 1. The Hall–Kier alpha value is -1.58. The normalized spacial score (nSPS) is 22.5. The molecule has 1 aliphatic rings. The van der Waals surface area contributed by atoms with E-state index in [1.165, 1.54) is 44.2 Å². The van der Waals surface area contributed by atoms with Crippen molar-refractivity contribution in [1.29, 1.82) is 0 Å². The van der Waals surface area contributed by atoms with E-state index in [-0.39, 0.29) is 5.56 Å². The fourth-order valence-electron chi connectivity index (χ4n) is 2.99. The highest BCUT2D eigenvalue weighted by Crippen LogP contribution is 2.31. The SMILES string of the molecule is CCC1CCC(CNc2cccc(F)c2C(=O)O)CC1. The first-order valence-corrected chi connectivity index (χ1v) is 7.37. The molecule has 0 bridgehead atoms. The van der Waals surface area contributed by atoms with Gasteiger partial charge in [-0.05, 0) is 36.8 Å². The Kier molecular flexibility index (Phi) is 4.99. The van der Waals surface area contributed by atoms with Crippen molar-refractivity contribution in [2.75, 3.05) is 11.9 Å². The van der Waals surface area contributed by atoms with Crippen LogP contribution in [0.4, 0.5) is 10.1 Å². The van der Waals surface area contributed by atoms with Crippen LogP contribution in [0.5, 0.6) is 0 Å². The second-order valence-corrected chi connectivity index (χ2v) is 5.64. The number of aromatic carboxylic acids is 1. The maximum absolute atomic E-state index is 13.5. The smallest absolute Gasteiger partial charge is 0.340 e. The first kappa shape index (κ1) is 14.8. The Labute approximate surface area is 119 Å². The van der Waals surface area contributed by atoms with E-state index in [4.69, 9.17) is 5.11 Å². The lowest BCUT2D eigenvalue weighted by atomic mass is 9.81. The number of carbonyl (C=O) groups is 1. The van der Waals surface area contributed by atoms with Crippen molar-refractivity contribution in [2.24, 2.45) is 11.8 Å². The van der Waals surface area contributed by atoms with Crippen molar-refractivity contribution in [3.63, 3.8) is 0 Å². The standard InChI is InChI=1S/C16H22FNO2/c1-2-11-6-8-12(9-7-11)10-18-14-5-3-4-13(17)15(14)16(19)20/h3-5,11-12,18H,2,6-10H2,1H3,(H,19,20). The van der Waals surface area contributed by atoms with E-state index in [2.05, 4.69) is 12.2 Å². The van der Waals surface area contributed by atoms with E-state index >= 15 is 0 Å². The first-order valence-electron chi connectivity index (χ1n) is 7.37. The Bertz CT molecular complexity index is 468. The molecule has 0 spiro atoms. The maximum Gasteiger partial charge on any atom is 0.340 e. The van der Waals surface area contributed by atoms with Gasteiger partial charge < -0.3 is 10.4 Å². The third-order valence-corrected chi connectivity index (χ3v) is 4.35. The van der Waals surface area contributed by atoms with E-state index in [0.29, 0.717) is 11.6 Å². The van der Waals surface area contributed by atoms with E-state index in [9.17, 15) is 9.18 Å². The highest BCUT2D eigenvalue weighted by atomic mass is 19.1. The average molecular weight is 279 g/mol. The molecule has 2 rings (SSSR count). The fraction of sp³-hybridized carbons (Fsp3) is 0.562. The largest absolute Gasteiger partial charge is 0.478 e. The number of hydrogen-bond donors (Lipinski definition) is 2. The van der Waals surface area contributed by atoms with Gasteiger partial charge in [-0.25, -0.2) is 9.18 Å². The molecule has 2 N–H and O–H groups in total. The molecule has 0 radical (unpaired) electrons. The highest BCUT2D eigenvalue weighted by Gasteiger charge is 2.21. The molecule has 20 heavy (non-hydrogen) atoms. The lowest BCUT2D eigenvalue weighted by Gasteiger charge is -2.28. The van der Waals surface area contributed by atoms with E-state index in [0.717, 1.165) is 12.5 Å². The van der Waals surface area contributed by atoms with Crippen LogP contribution in [0.3, 0.4) is 0 Å². The molecule has 0 heterocycles. The van der Waals surface area contributed by atoms with E-state index < -0.39 is 11.8 Å². The molecule has 4 heteroatoms. The third-order valence-electron chi connectivity index (χ3n) is 4.35. The van der Waals surface area contributed by atoms with Crippen LogP contribution in [0, 0.1) is 17.7 Å². The van der Waals surface area contributed by atoms with Gasteiger partial charge in [0.25, 0.3) is 0 Å². The lowest BCUT2D eigenvalue weighted by Crippen LogP contribution is -2.22. The monoisotopic (exact) mass is 279 g/mol. The molecule has 0 amide bonds. The van der Waals surface area contributed by atoms with Crippen molar-refractivity contribution < 1.29 is 14.3 Å². The Morgan fingerprint density at radius 1 is 1.30 bits per heavy atom. The predicted octanol–water partition coefficient (Wildman–Crippen LogP) is 4.15. The van der Waals surface area contributed by atoms with Crippen LogP contribution in [-0.4, -0.2) is 17.6 Å². The minimum absolute atomic E-state index is 0.255. The minimum Gasteiger partial charge on any atom is -0.478 e. The van der Waals surface area contributed by atoms with Crippen molar-refractivity contribution in [3.8, 4) is 0 Å². The summed E-state index contributed by atoms with van der Waals surface area (Å²) in [6, 6.07) is 4.35. The summed E-state index contributed by atoms with van der Waals surface area (Å²) < 4.78 is 13.5. The summed E-state index contributed by atoms with van der Waals surface area (Å²) in [5.74, 6) is -0.504. The van der Waals surface area contributed by atoms with Crippen LogP contribution in [-0.2, 0) is 0 Å². The second kappa shape index (κ2) is 6.73. The van der Waals surface area contributed by atoms with Gasteiger partial charge in [0.05, 0.1) is 5.69 Å². The summed E-state index contributed by atoms with van der Waals surface area (Å²) in [5.41, 5.74) is 0.129. The average Bonchev–Trinajstić information content (AvgIpc) is 2.45. The van der Waals surface area contributed by atoms with Crippen molar-refractivity contribution in [2.45, 2.75) is 39.0 Å². The molecule has 0 unspecified atom stereocenters. The molecule has 0 saturated heterocycles. The van der Waals surface area contributed by atoms with Gasteiger partial charge in [-0.2, -0.15) is 0 Å². The van der Waals surface area contributed by atoms with Crippen molar-refractivity contribution in [3.05, 3.63) is 29.6 Å². The van der Waals surface area contributed by atoms with Gasteiger partial charge in [0.2, 0.25) is 0 Å². The van der Waals surface area contributed by atoms with E-state index in [1.54, 1.807) is 6.07 Å². The predicted molar refractivity (Wildman–Crippen MR) is 77.6 cm³/mol. The van der Waals surface area contributed by atoms with Gasteiger partial charge in [0.1, 0.15) is 11.4 Å². The van der Waals surface area contributed by atoms with Crippen LogP contribution < -0.4 is 5.32 Å².